The number of carbonyl (C=O) groups excluding carboxylic acids is 5. The second kappa shape index (κ2) is 13.5. The zero-order valence-corrected chi connectivity index (χ0v) is 18.7. The van der Waals surface area contributed by atoms with Crippen LogP contribution in [0.25, 0.3) is 0 Å². The standard InChI is InChI=1S/C21H30N6O7/c1-11(22)18(30)26-14(10-17(24)29)20(32)25-13(7-8-16(23)28)19(31)27-15(21(33)34)9-12-5-3-2-4-6-12/h2-6,11,13-15H,7-10,22H2,1H3,(H2,23,28)(H2,24,29)(H,25,32)(H,26,30)(H,27,31)(H,33,34). The highest BCUT2D eigenvalue weighted by Crippen LogP contribution is 2.06. The van der Waals surface area contributed by atoms with Crippen molar-refractivity contribution < 1.29 is 33.9 Å². The summed E-state index contributed by atoms with van der Waals surface area (Å²) in [6.45, 7) is 1.36. The molecule has 0 saturated carbocycles. The molecular formula is C21H30N6O7. The first-order valence-electron chi connectivity index (χ1n) is 10.4. The van der Waals surface area contributed by atoms with E-state index in [4.69, 9.17) is 17.2 Å². The Morgan fingerprint density at radius 3 is 1.85 bits per heavy atom. The molecule has 0 aliphatic rings. The first kappa shape index (κ1) is 28.0. The van der Waals surface area contributed by atoms with Gasteiger partial charge in [0.25, 0.3) is 0 Å². The normalized spacial score (nSPS) is 14.1. The minimum Gasteiger partial charge on any atom is -0.480 e. The Kier molecular flexibility index (Phi) is 11.2. The van der Waals surface area contributed by atoms with Gasteiger partial charge in [0.1, 0.15) is 18.1 Å². The van der Waals surface area contributed by atoms with Gasteiger partial charge in [0.15, 0.2) is 0 Å². The lowest BCUT2D eigenvalue weighted by Gasteiger charge is -2.24. The van der Waals surface area contributed by atoms with Gasteiger partial charge in [-0.2, -0.15) is 0 Å². The van der Waals surface area contributed by atoms with Crippen molar-refractivity contribution in [3.63, 3.8) is 0 Å². The molecule has 4 atom stereocenters. The van der Waals surface area contributed by atoms with Crippen molar-refractivity contribution in [1.82, 2.24) is 16.0 Å². The summed E-state index contributed by atoms with van der Waals surface area (Å²) in [5.41, 5.74) is 16.4. The summed E-state index contributed by atoms with van der Waals surface area (Å²) in [4.78, 5) is 71.7. The minimum absolute atomic E-state index is 0.0346. The fourth-order valence-corrected chi connectivity index (χ4v) is 2.86. The van der Waals surface area contributed by atoms with E-state index >= 15 is 0 Å². The zero-order valence-electron chi connectivity index (χ0n) is 18.7. The van der Waals surface area contributed by atoms with Crippen LogP contribution in [0.4, 0.5) is 0 Å². The lowest BCUT2D eigenvalue weighted by atomic mass is 10.0. The predicted octanol–water partition coefficient (Wildman–Crippen LogP) is -2.74. The van der Waals surface area contributed by atoms with E-state index in [1.54, 1.807) is 30.3 Å². The zero-order chi connectivity index (χ0) is 25.8. The highest BCUT2D eigenvalue weighted by atomic mass is 16.4. The number of carboxylic acid groups (broad SMARTS) is 1. The molecule has 4 unspecified atom stereocenters. The summed E-state index contributed by atoms with van der Waals surface area (Å²) < 4.78 is 0. The van der Waals surface area contributed by atoms with Gasteiger partial charge in [-0.1, -0.05) is 30.3 Å². The number of amides is 5. The van der Waals surface area contributed by atoms with E-state index < -0.39 is 66.1 Å². The van der Waals surface area contributed by atoms with Crippen molar-refractivity contribution in [3.8, 4) is 0 Å². The second-order valence-corrected chi connectivity index (χ2v) is 7.68. The first-order valence-corrected chi connectivity index (χ1v) is 10.4. The molecule has 0 aliphatic carbocycles. The number of hydrogen-bond donors (Lipinski definition) is 7. The van der Waals surface area contributed by atoms with Gasteiger partial charge in [-0.3, -0.25) is 24.0 Å². The molecule has 0 spiro atoms. The van der Waals surface area contributed by atoms with E-state index in [9.17, 15) is 33.9 Å². The summed E-state index contributed by atoms with van der Waals surface area (Å²) in [5.74, 6) is -5.56. The highest BCUT2D eigenvalue weighted by Gasteiger charge is 2.31. The molecule has 5 amide bonds. The van der Waals surface area contributed by atoms with E-state index in [1.165, 1.54) is 6.92 Å². The van der Waals surface area contributed by atoms with Crippen LogP contribution in [0.2, 0.25) is 0 Å². The quantitative estimate of drug-likeness (QED) is 0.148. The number of hydrogen-bond acceptors (Lipinski definition) is 7. The van der Waals surface area contributed by atoms with Crippen LogP contribution in [0, 0.1) is 0 Å². The van der Waals surface area contributed by atoms with E-state index in [0.717, 1.165) is 0 Å². The van der Waals surface area contributed by atoms with Gasteiger partial charge in [-0.25, -0.2) is 4.79 Å². The molecule has 0 aliphatic heterocycles. The summed E-state index contributed by atoms with van der Waals surface area (Å²) in [5, 5.41) is 16.4. The molecular weight excluding hydrogens is 448 g/mol. The summed E-state index contributed by atoms with van der Waals surface area (Å²) >= 11 is 0. The smallest absolute Gasteiger partial charge is 0.326 e. The largest absolute Gasteiger partial charge is 0.480 e. The van der Waals surface area contributed by atoms with Crippen molar-refractivity contribution in [2.24, 2.45) is 17.2 Å². The van der Waals surface area contributed by atoms with Crippen molar-refractivity contribution in [1.29, 1.82) is 0 Å². The Morgan fingerprint density at radius 1 is 0.824 bits per heavy atom. The third-order valence-corrected chi connectivity index (χ3v) is 4.66. The van der Waals surface area contributed by atoms with Crippen molar-refractivity contribution in [3.05, 3.63) is 35.9 Å². The monoisotopic (exact) mass is 478 g/mol. The van der Waals surface area contributed by atoms with Crippen molar-refractivity contribution in [2.75, 3.05) is 0 Å². The maximum Gasteiger partial charge on any atom is 0.326 e. The second-order valence-electron chi connectivity index (χ2n) is 7.68. The summed E-state index contributed by atoms with van der Waals surface area (Å²) in [7, 11) is 0. The topological polar surface area (TPSA) is 237 Å². The van der Waals surface area contributed by atoms with Crippen LogP contribution < -0.4 is 33.2 Å². The Balaban J connectivity index is 3.02. The SMILES string of the molecule is CC(N)C(=O)NC(CC(N)=O)C(=O)NC(CCC(N)=O)C(=O)NC(Cc1ccccc1)C(=O)O. The van der Waals surface area contributed by atoms with Crippen LogP contribution in [0.5, 0.6) is 0 Å². The molecule has 0 aromatic heterocycles. The van der Waals surface area contributed by atoms with E-state index in [2.05, 4.69) is 16.0 Å². The van der Waals surface area contributed by atoms with Gasteiger partial charge in [0.2, 0.25) is 29.5 Å². The Labute approximate surface area is 195 Å². The highest BCUT2D eigenvalue weighted by molar-refractivity contribution is 5.96. The molecule has 34 heavy (non-hydrogen) atoms. The number of nitrogens with one attached hydrogen (secondary N) is 3. The van der Waals surface area contributed by atoms with Crippen LogP contribution >= 0.6 is 0 Å². The maximum atomic E-state index is 12.8. The number of benzene rings is 1. The van der Waals surface area contributed by atoms with Gasteiger partial charge in [0.05, 0.1) is 12.5 Å². The average Bonchev–Trinajstić information content (AvgIpc) is 2.75. The average molecular weight is 479 g/mol. The van der Waals surface area contributed by atoms with Crippen LogP contribution in [0.15, 0.2) is 30.3 Å². The number of nitrogens with two attached hydrogens (primary N) is 3. The van der Waals surface area contributed by atoms with Crippen molar-refractivity contribution >= 4 is 35.5 Å². The Hall–Kier alpha value is -4.00. The van der Waals surface area contributed by atoms with E-state index in [1.807, 2.05) is 0 Å². The molecule has 186 valence electrons. The van der Waals surface area contributed by atoms with Crippen molar-refractivity contribution in [2.45, 2.75) is 56.8 Å². The molecule has 13 heteroatoms. The fraction of sp³-hybridized carbons (Fsp3) is 0.429. The molecule has 0 saturated heterocycles. The third kappa shape index (κ3) is 10.1. The molecule has 10 N–H and O–H groups in total. The lowest BCUT2D eigenvalue weighted by Crippen LogP contribution is -2.57. The van der Waals surface area contributed by atoms with Crippen LogP contribution in [-0.2, 0) is 35.2 Å². The minimum atomic E-state index is -1.44. The molecule has 0 heterocycles. The lowest BCUT2D eigenvalue weighted by molar-refractivity contribution is -0.142. The number of primary amides is 2. The van der Waals surface area contributed by atoms with Gasteiger partial charge in [-0.05, 0) is 18.9 Å². The number of carbonyl (C=O) groups is 6. The Bertz CT molecular complexity index is 906. The summed E-state index contributed by atoms with van der Waals surface area (Å²) in [6.07, 6.45) is -1.18. The van der Waals surface area contributed by atoms with Gasteiger partial charge >= 0.3 is 5.97 Å². The van der Waals surface area contributed by atoms with Gasteiger partial charge < -0.3 is 38.3 Å². The maximum absolute atomic E-state index is 12.8. The van der Waals surface area contributed by atoms with E-state index in [0.29, 0.717) is 5.56 Å². The molecule has 0 fully saturated rings. The summed E-state index contributed by atoms with van der Waals surface area (Å²) in [6, 6.07) is 3.38. The molecule has 1 aromatic carbocycles. The molecule has 1 rings (SSSR count). The molecule has 0 radical (unpaired) electrons. The fourth-order valence-electron chi connectivity index (χ4n) is 2.86. The predicted molar refractivity (Wildman–Crippen MR) is 119 cm³/mol. The molecule has 0 bridgehead atoms. The van der Waals surface area contributed by atoms with Crippen LogP contribution in [0.3, 0.4) is 0 Å². The number of aliphatic carboxylic acids is 1. The van der Waals surface area contributed by atoms with Crippen LogP contribution in [0.1, 0.15) is 31.7 Å². The third-order valence-electron chi connectivity index (χ3n) is 4.66. The first-order chi connectivity index (χ1) is 15.9. The molecule has 1 aromatic rings. The van der Waals surface area contributed by atoms with Gasteiger partial charge in [0, 0.05) is 12.8 Å². The number of rotatable bonds is 14. The molecule has 13 nitrogen and oxygen atoms in total. The van der Waals surface area contributed by atoms with Gasteiger partial charge in [-0.15, -0.1) is 0 Å². The van der Waals surface area contributed by atoms with E-state index in [-0.39, 0.29) is 19.3 Å². The van der Waals surface area contributed by atoms with Crippen LogP contribution in [-0.4, -0.2) is 64.8 Å². The number of carboxylic acids is 1. The Morgan fingerprint density at radius 2 is 1.35 bits per heavy atom.